The lowest BCUT2D eigenvalue weighted by atomic mass is 9.89. The van der Waals surface area contributed by atoms with Crippen molar-refractivity contribution < 1.29 is 0 Å². The average Bonchev–Trinajstić information content (AvgIpc) is 2.19. The minimum absolute atomic E-state index is 0.439. The molecule has 1 heteroatoms. The Morgan fingerprint density at radius 1 is 1.14 bits per heavy atom. The lowest BCUT2D eigenvalue weighted by Crippen LogP contribution is -2.12. The van der Waals surface area contributed by atoms with E-state index in [1.807, 2.05) is 0 Å². The van der Waals surface area contributed by atoms with Crippen molar-refractivity contribution >= 4 is 15.9 Å². The van der Waals surface area contributed by atoms with Gasteiger partial charge in [-0.15, -0.1) is 0 Å². The largest absolute Gasteiger partial charge is 0.0922 e. The van der Waals surface area contributed by atoms with E-state index in [1.54, 1.807) is 0 Å². The minimum Gasteiger partial charge on any atom is -0.0922 e. The van der Waals surface area contributed by atoms with Crippen molar-refractivity contribution in [3.8, 4) is 0 Å². The molecule has 1 aromatic carbocycles. The van der Waals surface area contributed by atoms with Crippen LogP contribution in [0.15, 0.2) is 30.3 Å². The van der Waals surface area contributed by atoms with Crippen molar-refractivity contribution in [3.05, 3.63) is 35.9 Å². The molecule has 0 spiro atoms. The maximum atomic E-state index is 3.56. The summed E-state index contributed by atoms with van der Waals surface area (Å²) in [5.74, 6) is 0. The molecular weight excluding hydrogens is 236 g/mol. The van der Waals surface area contributed by atoms with E-state index in [0.29, 0.717) is 5.41 Å². The molecule has 0 heterocycles. The molecule has 0 bridgehead atoms. The molecule has 78 valence electrons. The van der Waals surface area contributed by atoms with Gasteiger partial charge in [0.05, 0.1) is 0 Å². The van der Waals surface area contributed by atoms with Gasteiger partial charge in [0.1, 0.15) is 0 Å². The van der Waals surface area contributed by atoms with Crippen LogP contribution in [0.25, 0.3) is 0 Å². The van der Waals surface area contributed by atoms with Crippen LogP contribution in [0.3, 0.4) is 0 Å². The maximum absolute atomic E-state index is 3.56. The molecule has 0 aliphatic rings. The Kier molecular flexibility index (Phi) is 4.67. The van der Waals surface area contributed by atoms with Gasteiger partial charge in [0.15, 0.2) is 0 Å². The second-order valence-electron chi connectivity index (χ2n) is 4.64. The number of aryl methyl sites for hydroxylation is 1. The van der Waals surface area contributed by atoms with Crippen LogP contribution in [-0.2, 0) is 6.42 Å². The summed E-state index contributed by atoms with van der Waals surface area (Å²) in [5, 5.41) is 1.09. The Morgan fingerprint density at radius 2 is 1.79 bits per heavy atom. The Bertz CT molecular complexity index is 251. The van der Waals surface area contributed by atoms with Gasteiger partial charge < -0.3 is 0 Å². The van der Waals surface area contributed by atoms with Crippen LogP contribution in [-0.4, -0.2) is 5.33 Å². The van der Waals surface area contributed by atoms with Crippen LogP contribution in [0.1, 0.15) is 32.3 Å². The predicted molar refractivity (Wildman–Crippen MR) is 67.0 cm³/mol. The number of benzene rings is 1. The van der Waals surface area contributed by atoms with E-state index >= 15 is 0 Å². The lowest BCUT2D eigenvalue weighted by Gasteiger charge is -2.21. The van der Waals surface area contributed by atoms with Crippen LogP contribution < -0.4 is 0 Å². The fourth-order valence-electron chi connectivity index (χ4n) is 1.48. The second kappa shape index (κ2) is 5.55. The second-order valence-corrected chi connectivity index (χ2v) is 5.20. The highest BCUT2D eigenvalue weighted by atomic mass is 79.9. The van der Waals surface area contributed by atoms with Gasteiger partial charge in [0, 0.05) is 5.33 Å². The first-order valence-corrected chi connectivity index (χ1v) is 6.36. The Balaban J connectivity index is 2.29. The number of halogens is 1. The summed E-state index contributed by atoms with van der Waals surface area (Å²) >= 11 is 3.56. The summed E-state index contributed by atoms with van der Waals surface area (Å²) in [4.78, 5) is 0. The Morgan fingerprint density at radius 3 is 2.36 bits per heavy atom. The first kappa shape index (κ1) is 11.8. The predicted octanol–water partition coefficient (Wildman–Crippen LogP) is 4.43. The van der Waals surface area contributed by atoms with Crippen LogP contribution in [0.5, 0.6) is 0 Å². The van der Waals surface area contributed by atoms with E-state index in [9.17, 15) is 0 Å². The number of hydrogen-bond donors (Lipinski definition) is 0. The van der Waals surface area contributed by atoms with E-state index in [2.05, 4.69) is 60.1 Å². The molecule has 0 saturated carbocycles. The van der Waals surface area contributed by atoms with Gasteiger partial charge in [-0.3, -0.25) is 0 Å². The molecular formula is C13H19Br. The van der Waals surface area contributed by atoms with Gasteiger partial charge in [0.25, 0.3) is 0 Å². The van der Waals surface area contributed by atoms with E-state index < -0.39 is 0 Å². The quantitative estimate of drug-likeness (QED) is 0.683. The molecule has 0 aliphatic heterocycles. The molecule has 0 nitrogen and oxygen atoms in total. The smallest absolute Gasteiger partial charge is 0.00826 e. The minimum atomic E-state index is 0.439. The summed E-state index contributed by atoms with van der Waals surface area (Å²) in [5.41, 5.74) is 1.90. The first-order chi connectivity index (χ1) is 6.64. The third-order valence-electron chi connectivity index (χ3n) is 2.52. The summed E-state index contributed by atoms with van der Waals surface area (Å²) in [7, 11) is 0. The molecule has 0 atom stereocenters. The highest BCUT2D eigenvalue weighted by Crippen LogP contribution is 2.25. The van der Waals surface area contributed by atoms with Gasteiger partial charge >= 0.3 is 0 Å². The van der Waals surface area contributed by atoms with E-state index in [4.69, 9.17) is 0 Å². The number of rotatable bonds is 5. The molecule has 0 aromatic heterocycles. The zero-order valence-electron chi connectivity index (χ0n) is 9.09. The highest BCUT2D eigenvalue weighted by Gasteiger charge is 2.14. The number of alkyl halides is 1. The van der Waals surface area contributed by atoms with Gasteiger partial charge in [-0.1, -0.05) is 60.1 Å². The topological polar surface area (TPSA) is 0 Å². The zero-order valence-corrected chi connectivity index (χ0v) is 10.7. The summed E-state index contributed by atoms with van der Waals surface area (Å²) in [6.45, 7) is 4.62. The fraction of sp³-hybridized carbons (Fsp3) is 0.538. The van der Waals surface area contributed by atoms with E-state index in [1.165, 1.54) is 24.8 Å². The third kappa shape index (κ3) is 4.28. The SMILES string of the molecule is CC(C)(CBr)CCCc1ccccc1. The van der Waals surface area contributed by atoms with Gasteiger partial charge in [-0.25, -0.2) is 0 Å². The van der Waals surface area contributed by atoms with Crippen molar-refractivity contribution in [1.29, 1.82) is 0 Å². The van der Waals surface area contributed by atoms with Crippen LogP contribution in [0.4, 0.5) is 0 Å². The summed E-state index contributed by atoms with van der Waals surface area (Å²) < 4.78 is 0. The molecule has 0 fully saturated rings. The lowest BCUT2D eigenvalue weighted by molar-refractivity contribution is 0.377. The van der Waals surface area contributed by atoms with Crippen molar-refractivity contribution in [2.75, 3.05) is 5.33 Å². The highest BCUT2D eigenvalue weighted by molar-refractivity contribution is 9.09. The van der Waals surface area contributed by atoms with Crippen molar-refractivity contribution in [1.82, 2.24) is 0 Å². The van der Waals surface area contributed by atoms with Crippen LogP contribution in [0.2, 0.25) is 0 Å². The molecule has 0 saturated heterocycles. The maximum Gasteiger partial charge on any atom is 0.00826 e. The van der Waals surface area contributed by atoms with Gasteiger partial charge in [0.2, 0.25) is 0 Å². The molecule has 14 heavy (non-hydrogen) atoms. The summed E-state index contributed by atoms with van der Waals surface area (Å²) in [6, 6.07) is 10.7. The summed E-state index contributed by atoms with van der Waals surface area (Å²) in [6.07, 6.45) is 3.77. The van der Waals surface area contributed by atoms with Crippen LogP contribution in [0, 0.1) is 5.41 Å². The Hall–Kier alpha value is -0.300. The normalized spacial score (nSPS) is 11.6. The van der Waals surface area contributed by atoms with Crippen molar-refractivity contribution in [3.63, 3.8) is 0 Å². The molecule has 1 aromatic rings. The average molecular weight is 255 g/mol. The zero-order chi connectivity index (χ0) is 10.4. The van der Waals surface area contributed by atoms with Gasteiger partial charge in [-0.2, -0.15) is 0 Å². The van der Waals surface area contributed by atoms with Crippen LogP contribution >= 0.6 is 15.9 Å². The van der Waals surface area contributed by atoms with E-state index in [0.717, 1.165) is 5.33 Å². The third-order valence-corrected chi connectivity index (χ3v) is 4.04. The monoisotopic (exact) mass is 254 g/mol. The fourth-order valence-corrected chi connectivity index (χ4v) is 1.76. The molecule has 0 radical (unpaired) electrons. The van der Waals surface area contributed by atoms with Gasteiger partial charge in [-0.05, 0) is 30.2 Å². The van der Waals surface area contributed by atoms with E-state index in [-0.39, 0.29) is 0 Å². The molecule has 0 aliphatic carbocycles. The first-order valence-electron chi connectivity index (χ1n) is 5.24. The van der Waals surface area contributed by atoms with Crippen molar-refractivity contribution in [2.24, 2.45) is 5.41 Å². The number of hydrogen-bond acceptors (Lipinski definition) is 0. The molecule has 0 unspecified atom stereocenters. The standard InChI is InChI=1S/C13H19Br/c1-13(2,11-14)10-6-9-12-7-4-3-5-8-12/h3-5,7-8H,6,9-11H2,1-2H3. The molecule has 0 amide bonds. The van der Waals surface area contributed by atoms with Crippen molar-refractivity contribution in [2.45, 2.75) is 33.1 Å². The molecule has 0 N–H and O–H groups in total. The molecule has 1 rings (SSSR count). The Labute approximate surface area is 95.9 Å².